The summed E-state index contributed by atoms with van der Waals surface area (Å²) in [7, 11) is 0. The smallest absolute Gasteiger partial charge is 0.131 e. The Labute approximate surface area is 103 Å². The van der Waals surface area contributed by atoms with Crippen LogP contribution in [0.4, 0.5) is 4.39 Å². The van der Waals surface area contributed by atoms with Crippen molar-refractivity contribution < 1.29 is 9.13 Å². The van der Waals surface area contributed by atoms with Crippen molar-refractivity contribution in [2.75, 3.05) is 13.2 Å². The van der Waals surface area contributed by atoms with Crippen LogP contribution in [0, 0.1) is 5.82 Å². The zero-order valence-electron chi connectivity index (χ0n) is 10.9. The van der Waals surface area contributed by atoms with E-state index in [4.69, 9.17) is 4.74 Å². The summed E-state index contributed by atoms with van der Waals surface area (Å²) in [6.07, 6.45) is 2.08. The Morgan fingerprint density at radius 1 is 1.35 bits per heavy atom. The standard InChI is InChI=1S/C14H22FNO/c1-4-6-9-17-12-7-8-13(14(15)10-12)11(3)16-5-2/h7-8,10-11,16H,4-6,9H2,1-3H3. The third-order valence-electron chi connectivity index (χ3n) is 2.72. The fourth-order valence-electron chi connectivity index (χ4n) is 1.70. The molecule has 1 atom stereocenters. The number of rotatable bonds is 7. The minimum Gasteiger partial charge on any atom is -0.493 e. The Morgan fingerprint density at radius 3 is 2.71 bits per heavy atom. The third kappa shape index (κ3) is 4.35. The molecule has 2 nitrogen and oxygen atoms in total. The van der Waals surface area contributed by atoms with Crippen molar-refractivity contribution in [2.45, 2.75) is 39.7 Å². The quantitative estimate of drug-likeness (QED) is 0.733. The minimum atomic E-state index is -0.201. The Morgan fingerprint density at radius 2 is 2.12 bits per heavy atom. The number of benzene rings is 1. The van der Waals surface area contributed by atoms with Gasteiger partial charge < -0.3 is 10.1 Å². The minimum absolute atomic E-state index is 0.0321. The summed E-state index contributed by atoms with van der Waals surface area (Å²) in [6, 6.07) is 5.13. The van der Waals surface area contributed by atoms with Gasteiger partial charge in [0.1, 0.15) is 11.6 Å². The van der Waals surface area contributed by atoms with Crippen LogP contribution < -0.4 is 10.1 Å². The van der Waals surface area contributed by atoms with Crippen LogP contribution in [-0.4, -0.2) is 13.2 Å². The molecule has 0 aliphatic carbocycles. The Balaban J connectivity index is 2.65. The number of unbranched alkanes of at least 4 members (excludes halogenated alkanes) is 1. The monoisotopic (exact) mass is 239 g/mol. The van der Waals surface area contributed by atoms with Crippen molar-refractivity contribution in [3.05, 3.63) is 29.6 Å². The van der Waals surface area contributed by atoms with Gasteiger partial charge in [0, 0.05) is 17.7 Å². The summed E-state index contributed by atoms with van der Waals surface area (Å²) in [5, 5.41) is 3.19. The van der Waals surface area contributed by atoms with E-state index in [1.807, 2.05) is 19.9 Å². The van der Waals surface area contributed by atoms with E-state index >= 15 is 0 Å². The van der Waals surface area contributed by atoms with E-state index in [9.17, 15) is 4.39 Å². The van der Waals surface area contributed by atoms with Crippen LogP contribution in [-0.2, 0) is 0 Å². The first-order chi connectivity index (χ1) is 8.19. The second-order valence-electron chi connectivity index (χ2n) is 4.16. The highest BCUT2D eigenvalue weighted by Crippen LogP contribution is 2.21. The van der Waals surface area contributed by atoms with Crippen molar-refractivity contribution in [1.29, 1.82) is 0 Å². The zero-order valence-corrected chi connectivity index (χ0v) is 10.9. The fraction of sp³-hybridized carbons (Fsp3) is 0.571. The lowest BCUT2D eigenvalue weighted by Crippen LogP contribution is -2.18. The van der Waals surface area contributed by atoms with E-state index < -0.39 is 0 Å². The molecule has 1 N–H and O–H groups in total. The molecule has 0 amide bonds. The molecule has 1 unspecified atom stereocenters. The predicted octanol–water partition coefficient (Wildman–Crippen LogP) is 3.68. The lowest BCUT2D eigenvalue weighted by Gasteiger charge is -2.14. The van der Waals surface area contributed by atoms with Gasteiger partial charge in [-0.05, 0) is 26.0 Å². The van der Waals surface area contributed by atoms with E-state index in [2.05, 4.69) is 12.2 Å². The average Bonchev–Trinajstić information content (AvgIpc) is 2.29. The van der Waals surface area contributed by atoms with Crippen LogP contribution in [0.5, 0.6) is 5.75 Å². The second-order valence-corrected chi connectivity index (χ2v) is 4.16. The molecule has 0 bridgehead atoms. The molecular weight excluding hydrogens is 217 g/mol. The molecule has 0 fully saturated rings. The van der Waals surface area contributed by atoms with Crippen LogP contribution >= 0.6 is 0 Å². The van der Waals surface area contributed by atoms with Crippen LogP contribution in [0.15, 0.2) is 18.2 Å². The molecule has 0 heterocycles. The summed E-state index contributed by atoms with van der Waals surface area (Å²) in [5.41, 5.74) is 0.690. The molecule has 0 aliphatic rings. The molecule has 1 aromatic rings. The largest absolute Gasteiger partial charge is 0.493 e. The van der Waals surface area contributed by atoms with E-state index in [0.29, 0.717) is 17.9 Å². The summed E-state index contributed by atoms with van der Waals surface area (Å²) < 4.78 is 19.3. The first-order valence-corrected chi connectivity index (χ1v) is 6.34. The van der Waals surface area contributed by atoms with Crippen LogP contribution in [0.2, 0.25) is 0 Å². The Kier molecular flexibility index (Phi) is 5.98. The molecule has 0 saturated carbocycles. The molecule has 0 saturated heterocycles. The normalized spacial score (nSPS) is 12.5. The van der Waals surface area contributed by atoms with Crippen LogP contribution in [0.25, 0.3) is 0 Å². The first-order valence-electron chi connectivity index (χ1n) is 6.34. The topological polar surface area (TPSA) is 21.3 Å². The van der Waals surface area contributed by atoms with Gasteiger partial charge in [0.2, 0.25) is 0 Å². The van der Waals surface area contributed by atoms with Gasteiger partial charge in [-0.15, -0.1) is 0 Å². The highest BCUT2D eigenvalue weighted by molar-refractivity contribution is 5.30. The average molecular weight is 239 g/mol. The number of hydrogen-bond donors (Lipinski definition) is 1. The maximum Gasteiger partial charge on any atom is 0.131 e. The molecule has 17 heavy (non-hydrogen) atoms. The van der Waals surface area contributed by atoms with Crippen molar-refractivity contribution in [3.8, 4) is 5.75 Å². The van der Waals surface area contributed by atoms with E-state index in [0.717, 1.165) is 19.4 Å². The molecule has 0 radical (unpaired) electrons. The van der Waals surface area contributed by atoms with Gasteiger partial charge >= 0.3 is 0 Å². The molecule has 0 aliphatic heterocycles. The van der Waals surface area contributed by atoms with E-state index in [1.54, 1.807) is 6.07 Å². The lowest BCUT2D eigenvalue weighted by molar-refractivity contribution is 0.307. The molecule has 96 valence electrons. The maximum absolute atomic E-state index is 13.8. The number of halogens is 1. The van der Waals surface area contributed by atoms with E-state index in [-0.39, 0.29) is 11.9 Å². The number of ether oxygens (including phenoxy) is 1. The highest BCUT2D eigenvalue weighted by Gasteiger charge is 2.10. The Bertz CT molecular complexity index is 341. The summed E-state index contributed by atoms with van der Waals surface area (Å²) in [6.45, 7) is 7.55. The van der Waals surface area contributed by atoms with E-state index in [1.165, 1.54) is 6.07 Å². The maximum atomic E-state index is 13.8. The fourth-order valence-corrected chi connectivity index (χ4v) is 1.70. The lowest BCUT2D eigenvalue weighted by atomic mass is 10.1. The second kappa shape index (κ2) is 7.28. The molecule has 1 rings (SSSR count). The van der Waals surface area contributed by atoms with Crippen LogP contribution in [0.3, 0.4) is 0 Å². The molecule has 0 spiro atoms. The molecule has 1 aromatic carbocycles. The zero-order chi connectivity index (χ0) is 12.7. The summed E-state index contributed by atoms with van der Waals surface area (Å²) in [4.78, 5) is 0. The van der Waals surface area contributed by atoms with Crippen molar-refractivity contribution in [1.82, 2.24) is 5.32 Å². The van der Waals surface area contributed by atoms with Gasteiger partial charge in [-0.1, -0.05) is 26.3 Å². The molecule has 0 aromatic heterocycles. The van der Waals surface area contributed by atoms with Gasteiger partial charge in [-0.2, -0.15) is 0 Å². The summed E-state index contributed by atoms with van der Waals surface area (Å²) in [5.74, 6) is 0.413. The first kappa shape index (κ1) is 14.0. The van der Waals surface area contributed by atoms with Gasteiger partial charge in [0.25, 0.3) is 0 Å². The van der Waals surface area contributed by atoms with Gasteiger partial charge in [0.05, 0.1) is 6.61 Å². The third-order valence-corrected chi connectivity index (χ3v) is 2.72. The highest BCUT2D eigenvalue weighted by atomic mass is 19.1. The van der Waals surface area contributed by atoms with Crippen molar-refractivity contribution in [3.63, 3.8) is 0 Å². The summed E-state index contributed by atoms with van der Waals surface area (Å²) >= 11 is 0. The predicted molar refractivity (Wildman–Crippen MR) is 68.9 cm³/mol. The van der Waals surface area contributed by atoms with Gasteiger partial charge in [-0.3, -0.25) is 0 Å². The van der Waals surface area contributed by atoms with Gasteiger partial charge in [-0.25, -0.2) is 4.39 Å². The van der Waals surface area contributed by atoms with Crippen molar-refractivity contribution >= 4 is 0 Å². The van der Waals surface area contributed by atoms with Crippen molar-refractivity contribution in [2.24, 2.45) is 0 Å². The Hall–Kier alpha value is -1.09. The van der Waals surface area contributed by atoms with Crippen LogP contribution in [0.1, 0.15) is 45.2 Å². The molecular formula is C14H22FNO. The number of hydrogen-bond acceptors (Lipinski definition) is 2. The molecule has 3 heteroatoms. The SMILES string of the molecule is CCCCOc1ccc(C(C)NCC)c(F)c1. The van der Waals surface area contributed by atoms with Gasteiger partial charge in [0.15, 0.2) is 0 Å². The number of nitrogens with one attached hydrogen (secondary N) is 1.